The minimum absolute atomic E-state index is 0.0170. The van der Waals surface area contributed by atoms with Gasteiger partial charge in [0.05, 0.1) is 11.7 Å². The molecule has 1 N–H and O–H groups in total. The fourth-order valence-corrected chi connectivity index (χ4v) is 8.36. The zero-order chi connectivity index (χ0) is 19.2. The Bertz CT molecular complexity index is 690. The number of epoxide rings is 1. The van der Waals surface area contributed by atoms with Gasteiger partial charge in [-0.25, -0.2) is 0 Å². The van der Waals surface area contributed by atoms with Crippen LogP contribution < -0.4 is 0 Å². The maximum atomic E-state index is 11.5. The average molecular weight is 375 g/mol. The van der Waals surface area contributed by atoms with Crippen LogP contribution in [0.1, 0.15) is 72.1 Å². The van der Waals surface area contributed by atoms with Gasteiger partial charge in [0.1, 0.15) is 11.7 Å². The van der Waals surface area contributed by atoms with Gasteiger partial charge in [0.25, 0.3) is 0 Å². The van der Waals surface area contributed by atoms with Gasteiger partial charge < -0.3 is 14.6 Å². The number of carbonyl (C=O) groups excluding carboxylic acids is 1. The lowest BCUT2D eigenvalue weighted by Gasteiger charge is -2.60. The minimum atomic E-state index is -0.713. The van der Waals surface area contributed by atoms with Gasteiger partial charge in [-0.1, -0.05) is 19.9 Å². The molecule has 5 rings (SSSR count). The Morgan fingerprint density at radius 2 is 1.81 bits per heavy atom. The predicted octanol–water partition coefficient (Wildman–Crippen LogP) is 4.01. The van der Waals surface area contributed by atoms with Crippen LogP contribution in [-0.2, 0) is 14.3 Å². The van der Waals surface area contributed by atoms with Crippen molar-refractivity contribution in [1.29, 1.82) is 0 Å². The third-order valence-corrected chi connectivity index (χ3v) is 9.93. The average Bonchev–Trinajstić information content (AvgIpc) is 3.24. The molecule has 1 spiro atoms. The first-order valence-electron chi connectivity index (χ1n) is 10.9. The Morgan fingerprint density at radius 3 is 2.52 bits per heavy atom. The van der Waals surface area contributed by atoms with Gasteiger partial charge in [-0.2, -0.15) is 0 Å². The van der Waals surface area contributed by atoms with E-state index in [-0.39, 0.29) is 28.5 Å². The number of fused-ring (bicyclic) bond motifs is 4. The number of aliphatic hydroxyl groups is 1. The zero-order valence-corrected chi connectivity index (χ0v) is 17.0. The lowest BCUT2D eigenvalue weighted by molar-refractivity contribution is -0.160. The van der Waals surface area contributed by atoms with Crippen LogP contribution in [0.2, 0.25) is 0 Å². The fourth-order valence-electron chi connectivity index (χ4n) is 8.36. The van der Waals surface area contributed by atoms with Gasteiger partial charge in [0, 0.05) is 24.2 Å². The van der Waals surface area contributed by atoms with Gasteiger partial charge in [0.15, 0.2) is 0 Å². The molecule has 4 heteroatoms. The number of rotatable bonds is 2. The van der Waals surface area contributed by atoms with E-state index in [1.165, 1.54) is 13.3 Å². The zero-order valence-electron chi connectivity index (χ0n) is 17.0. The van der Waals surface area contributed by atoms with Crippen molar-refractivity contribution in [3.8, 4) is 0 Å². The topological polar surface area (TPSA) is 59.1 Å². The molecular formula is C23H34O4. The van der Waals surface area contributed by atoms with E-state index in [4.69, 9.17) is 9.47 Å². The van der Waals surface area contributed by atoms with Crippen molar-refractivity contribution in [2.75, 3.05) is 0 Å². The van der Waals surface area contributed by atoms with Crippen LogP contribution in [0.5, 0.6) is 0 Å². The summed E-state index contributed by atoms with van der Waals surface area (Å²) in [7, 11) is 0. The number of hydrogen-bond donors (Lipinski definition) is 1. The van der Waals surface area contributed by atoms with Gasteiger partial charge in [-0.05, 0) is 62.7 Å². The van der Waals surface area contributed by atoms with E-state index in [2.05, 4.69) is 20.4 Å². The van der Waals surface area contributed by atoms with Gasteiger partial charge in [0.2, 0.25) is 0 Å². The second kappa shape index (κ2) is 5.38. The molecule has 0 amide bonds. The molecule has 0 aromatic heterocycles. The minimum Gasteiger partial charge on any atom is -0.462 e. The summed E-state index contributed by atoms with van der Waals surface area (Å²) in [6, 6.07) is 0. The molecule has 5 fully saturated rings. The van der Waals surface area contributed by atoms with Crippen LogP contribution in [0.15, 0.2) is 12.7 Å². The Hall–Kier alpha value is -0.870. The van der Waals surface area contributed by atoms with Crippen LogP contribution in [0.4, 0.5) is 0 Å². The van der Waals surface area contributed by atoms with E-state index < -0.39 is 5.60 Å². The summed E-state index contributed by atoms with van der Waals surface area (Å²) in [4.78, 5) is 11.5. The van der Waals surface area contributed by atoms with Gasteiger partial charge in [-0.15, -0.1) is 6.58 Å². The SMILES string of the molecule is C=C[C@]1(O)CC[C@@H]2[C@@H]3C[C@@H]4O[C@@]45C[C@H](OC(C)=O)CC[C@]5(C)[C@H]3CC[C@@]21C. The quantitative estimate of drug-likeness (QED) is 0.451. The first-order valence-corrected chi connectivity index (χ1v) is 10.9. The van der Waals surface area contributed by atoms with Gasteiger partial charge >= 0.3 is 5.97 Å². The molecule has 0 aromatic rings. The molecule has 4 nitrogen and oxygen atoms in total. The molecule has 0 unspecified atom stereocenters. The van der Waals surface area contributed by atoms with E-state index in [9.17, 15) is 9.90 Å². The summed E-state index contributed by atoms with van der Waals surface area (Å²) in [6.07, 6.45) is 10.4. The smallest absolute Gasteiger partial charge is 0.302 e. The molecule has 4 saturated carbocycles. The Balaban J connectivity index is 1.44. The number of carbonyl (C=O) groups is 1. The fraction of sp³-hybridized carbons (Fsp3) is 0.870. The Labute approximate surface area is 162 Å². The molecule has 27 heavy (non-hydrogen) atoms. The molecular weight excluding hydrogens is 340 g/mol. The molecule has 0 aromatic carbocycles. The first kappa shape index (κ1) is 18.2. The summed E-state index contributed by atoms with van der Waals surface area (Å²) in [5.41, 5.74) is -0.660. The standard InChI is InChI=1S/C23H34O4/c1-5-22(25)11-8-17-16-12-19-23(27-19)13-15(26-14(2)24)6-9-21(23,4)18(16)7-10-20(17,22)3/h5,15-19,25H,1,6-13H2,2-4H3/t15-,16+,17-,18+,19+,20+,21-,22+,23+/m1/s1. The number of ether oxygens (including phenoxy) is 2. The third kappa shape index (κ3) is 2.09. The van der Waals surface area contributed by atoms with E-state index in [0.29, 0.717) is 23.9 Å². The van der Waals surface area contributed by atoms with Crippen LogP contribution in [0, 0.1) is 28.6 Å². The highest BCUT2D eigenvalue weighted by Crippen LogP contribution is 2.74. The summed E-state index contributed by atoms with van der Waals surface area (Å²) in [5, 5.41) is 11.2. The maximum Gasteiger partial charge on any atom is 0.302 e. The highest BCUT2D eigenvalue weighted by molar-refractivity contribution is 5.66. The molecule has 1 aliphatic heterocycles. The molecule has 1 heterocycles. The van der Waals surface area contributed by atoms with Gasteiger partial charge in [-0.3, -0.25) is 4.79 Å². The van der Waals surface area contributed by atoms with Crippen LogP contribution in [0.25, 0.3) is 0 Å². The normalized spacial score (nSPS) is 58.3. The maximum absolute atomic E-state index is 11.5. The van der Waals surface area contributed by atoms with E-state index >= 15 is 0 Å². The van der Waals surface area contributed by atoms with Crippen molar-refractivity contribution in [2.24, 2.45) is 28.6 Å². The Morgan fingerprint density at radius 1 is 1.15 bits per heavy atom. The number of esters is 1. The second-order valence-electron chi connectivity index (χ2n) is 10.6. The predicted molar refractivity (Wildman–Crippen MR) is 102 cm³/mol. The number of hydrogen-bond acceptors (Lipinski definition) is 4. The van der Waals surface area contributed by atoms with E-state index in [1.54, 1.807) is 0 Å². The van der Waals surface area contributed by atoms with Crippen LogP contribution in [-0.4, -0.2) is 34.5 Å². The van der Waals surface area contributed by atoms with Crippen molar-refractivity contribution in [3.63, 3.8) is 0 Å². The molecule has 0 bridgehead atoms. The lowest BCUT2D eigenvalue weighted by atomic mass is 9.44. The molecule has 1 saturated heterocycles. The summed E-state index contributed by atoms with van der Waals surface area (Å²) < 4.78 is 12.0. The molecule has 9 atom stereocenters. The summed E-state index contributed by atoms with van der Waals surface area (Å²) in [5.74, 6) is 1.67. The molecule has 5 aliphatic rings. The highest BCUT2D eigenvalue weighted by atomic mass is 16.6. The van der Waals surface area contributed by atoms with Crippen molar-refractivity contribution in [2.45, 2.75) is 95.5 Å². The summed E-state index contributed by atoms with van der Waals surface area (Å²) >= 11 is 0. The lowest BCUT2D eigenvalue weighted by Crippen LogP contribution is -2.60. The largest absolute Gasteiger partial charge is 0.462 e. The third-order valence-electron chi connectivity index (χ3n) is 9.93. The van der Waals surface area contributed by atoms with Crippen LogP contribution >= 0.6 is 0 Å². The second-order valence-corrected chi connectivity index (χ2v) is 10.6. The monoisotopic (exact) mass is 374 g/mol. The van der Waals surface area contributed by atoms with Crippen LogP contribution in [0.3, 0.4) is 0 Å². The van der Waals surface area contributed by atoms with Crippen molar-refractivity contribution >= 4 is 5.97 Å². The van der Waals surface area contributed by atoms with Crippen molar-refractivity contribution in [1.82, 2.24) is 0 Å². The van der Waals surface area contributed by atoms with E-state index in [1.807, 2.05) is 6.08 Å². The Kier molecular flexibility index (Phi) is 3.62. The van der Waals surface area contributed by atoms with E-state index in [0.717, 1.165) is 44.9 Å². The van der Waals surface area contributed by atoms with Crippen molar-refractivity contribution < 1.29 is 19.4 Å². The summed E-state index contributed by atoms with van der Waals surface area (Å²) in [6.45, 7) is 10.2. The highest BCUT2D eigenvalue weighted by Gasteiger charge is 2.77. The molecule has 0 radical (unpaired) electrons. The molecule has 150 valence electrons. The molecule has 4 aliphatic carbocycles. The van der Waals surface area contributed by atoms with Crippen molar-refractivity contribution in [3.05, 3.63) is 12.7 Å². The first-order chi connectivity index (χ1) is 12.7.